The van der Waals surface area contributed by atoms with Gasteiger partial charge < -0.3 is 19.9 Å². The summed E-state index contributed by atoms with van der Waals surface area (Å²) < 4.78 is 11.4. The number of amides is 1. The molecule has 0 fully saturated rings. The number of carboxylic acids is 1. The number of benzene rings is 1. The van der Waals surface area contributed by atoms with Gasteiger partial charge in [-0.25, -0.2) is 9.59 Å². The monoisotopic (exact) mass is 522 g/mol. The zero-order valence-electron chi connectivity index (χ0n) is 23.5. The van der Waals surface area contributed by atoms with E-state index >= 15 is 0 Å². The summed E-state index contributed by atoms with van der Waals surface area (Å²) in [5.74, 6) is -0.948. The number of rotatable bonds is 8. The lowest BCUT2D eigenvalue weighted by Gasteiger charge is -2.26. The van der Waals surface area contributed by atoms with Gasteiger partial charge in [-0.1, -0.05) is 50.6 Å². The summed E-state index contributed by atoms with van der Waals surface area (Å²) in [6.45, 7) is 16.2. The molecule has 0 aliphatic rings. The van der Waals surface area contributed by atoms with Crippen LogP contribution in [0.2, 0.25) is 0 Å². The Morgan fingerprint density at radius 1 is 1.03 bits per heavy atom. The van der Waals surface area contributed by atoms with E-state index in [2.05, 4.69) is 36.3 Å². The second-order valence-corrected chi connectivity index (χ2v) is 11.6. The minimum absolute atomic E-state index is 0.0506. The van der Waals surface area contributed by atoms with Crippen LogP contribution < -0.4 is 10.1 Å². The van der Waals surface area contributed by atoms with Gasteiger partial charge in [-0.2, -0.15) is 0 Å². The first kappa shape index (κ1) is 28.7. The van der Waals surface area contributed by atoms with Gasteiger partial charge in [0, 0.05) is 35.1 Å². The highest BCUT2D eigenvalue weighted by Gasteiger charge is 2.25. The molecule has 3 N–H and O–H groups in total. The molecular formula is C29H38N4O5. The van der Waals surface area contributed by atoms with Crippen LogP contribution in [0.5, 0.6) is 5.88 Å². The number of nitrogens with one attached hydrogen (secondary N) is 2. The maximum absolute atomic E-state index is 12.6. The van der Waals surface area contributed by atoms with Gasteiger partial charge in [0.2, 0.25) is 5.88 Å². The first-order chi connectivity index (χ1) is 17.6. The average Bonchev–Trinajstić information content (AvgIpc) is 3.25. The first-order valence-corrected chi connectivity index (χ1v) is 12.6. The van der Waals surface area contributed by atoms with Gasteiger partial charge in [0.15, 0.2) is 0 Å². The summed E-state index contributed by atoms with van der Waals surface area (Å²) in [4.78, 5) is 28.8. The Morgan fingerprint density at radius 3 is 2.24 bits per heavy atom. The number of hydrogen-bond donors (Lipinski definition) is 3. The lowest BCUT2D eigenvalue weighted by atomic mass is 9.85. The van der Waals surface area contributed by atoms with Crippen molar-refractivity contribution >= 4 is 12.1 Å². The third-order valence-corrected chi connectivity index (χ3v) is 5.69. The number of alkyl carbamates (subject to hydrolysis) is 1. The van der Waals surface area contributed by atoms with Crippen LogP contribution in [-0.2, 0) is 24.3 Å². The molecule has 1 aromatic carbocycles. The van der Waals surface area contributed by atoms with Gasteiger partial charge >= 0.3 is 12.1 Å². The molecule has 0 aliphatic carbocycles. The third-order valence-electron chi connectivity index (χ3n) is 5.69. The summed E-state index contributed by atoms with van der Waals surface area (Å²) in [7, 11) is 0. The Balaban J connectivity index is 2.12. The standard InChI is InChI=1S/C29H38N4O5/c1-17-9-11-19(12-10-17)25-20(15-30-27(36)38-29(6,7)8)23(14-28(3,4)5)31-18(2)21(25)16-37-24-13-22(26(34)35)32-33-24/h9-13H,14-16H2,1-8H3,(H,30,36)(H,32,33)(H,34,35). The van der Waals surface area contributed by atoms with E-state index in [4.69, 9.17) is 14.5 Å². The molecule has 0 bridgehead atoms. The van der Waals surface area contributed by atoms with Crippen molar-refractivity contribution in [1.82, 2.24) is 20.5 Å². The predicted octanol–water partition coefficient (Wildman–Crippen LogP) is 5.98. The van der Waals surface area contributed by atoms with Crippen LogP contribution in [0.4, 0.5) is 4.79 Å². The van der Waals surface area contributed by atoms with Crippen molar-refractivity contribution < 1.29 is 24.2 Å². The Labute approximate surface area is 224 Å². The minimum atomic E-state index is -1.12. The highest BCUT2D eigenvalue weighted by Crippen LogP contribution is 2.35. The van der Waals surface area contributed by atoms with Crippen LogP contribution in [0.15, 0.2) is 30.3 Å². The van der Waals surface area contributed by atoms with Crippen molar-refractivity contribution in [2.75, 3.05) is 0 Å². The smallest absolute Gasteiger partial charge is 0.407 e. The van der Waals surface area contributed by atoms with Gasteiger partial charge in [-0.15, -0.1) is 5.10 Å². The Morgan fingerprint density at radius 2 is 1.68 bits per heavy atom. The molecule has 0 spiro atoms. The van der Waals surface area contributed by atoms with E-state index in [1.54, 1.807) is 0 Å². The molecule has 9 nitrogen and oxygen atoms in total. The number of carboxylic acid groups (broad SMARTS) is 1. The number of aromatic carboxylic acids is 1. The highest BCUT2D eigenvalue weighted by molar-refractivity contribution is 5.85. The number of aromatic nitrogens is 3. The SMILES string of the molecule is Cc1ccc(-c2c(COc3cc(C(=O)O)[nH]n3)c(C)nc(CC(C)(C)C)c2CNC(=O)OC(C)(C)C)cc1. The normalized spacial score (nSPS) is 11.8. The van der Waals surface area contributed by atoms with E-state index in [0.717, 1.165) is 39.2 Å². The van der Waals surface area contributed by atoms with Gasteiger partial charge in [-0.05, 0) is 57.6 Å². The van der Waals surface area contributed by atoms with Crippen molar-refractivity contribution in [2.45, 2.75) is 80.6 Å². The van der Waals surface area contributed by atoms with E-state index in [-0.39, 0.29) is 30.1 Å². The zero-order valence-corrected chi connectivity index (χ0v) is 23.5. The molecule has 204 valence electrons. The molecule has 0 saturated heterocycles. The fourth-order valence-corrected chi connectivity index (χ4v) is 4.04. The second-order valence-electron chi connectivity index (χ2n) is 11.6. The van der Waals surface area contributed by atoms with Crippen LogP contribution in [0, 0.1) is 19.3 Å². The topological polar surface area (TPSA) is 126 Å². The molecule has 0 atom stereocenters. The molecule has 9 heteroatoms. The zero-order chi connectivity index (χ0) is 28.3. The molecule has 0 unspecified atom stereocenters. The Hall–Kier alpha value is -3.88. The number of pyridine rings is 1. The first-order valence-electron chi connectivity index (χ1n) is 12.6. The number of aryl methyl sites for hydroxylation is 2. The lowest BCUT2D eigenvalue weighted by molar-refractivity contribution is 0.0522. The van der Waals surface area contributed by atoms with Crippen LogP contribution >= 0.6 is 0 Å². The Bertz CT molecular complexity index is 1300. The summed E-state index contributed by atoms with van der Waals surface area (Å²) in [5, 5.41) is 18.5. The molecule has 38 heavy (non-hydrogen) atoms. The number of ether oxygens (including phenoxy) is 2. The van der Waals surface area contributed by atoms with E-state index < -0.39 is 17.7 Å². The molecule has 2 aromatic heterocycles. The lowest BCUT2D eigenvalue weighted by Crippen LogP contribution is -2.33. The van der Waals surface area contributed by atoms with Crippen molar-refractivity contribution in [2.24, 2.45) is 5.41 Å². The summed E-state index contributed by atoms with van der Waals surface area (Å²) in [6.07, 6.45) is 0.186. The maximum Gasteiger partial charge on any atom is 0.407 e. The molecule has 3 rings (SSSR count). The van der Waals surface area contributed by atoms with Gasteiger partial charge in [-0.3, -0.25) is 10.1 Å². The van der Waals surface area contributed by atoms with Crippen molar-refractivity contribution in [3.8, 4) is 17.0 Å². The number of aromatic amines is 1. The van der Waals surface area contributed by atoms with E-state index in [0.29, 0.717) is 6.42 Å². The predicted molar refractivity (Wildman–Crippen MR) is 145 cm³/mol. The number of hydrogen-bond acceptors (Lipinski definition) is 6. The van der Waals surface area contributed by atoms with E-state index in [9.17, 15) is 14.7 Å². The molecule has 3 aromatic rings. The van der Waals surface area contributed by atoms with Crippen LogP contribution in [-0.4, -0.2) is 38.0 Å². The molecule has 2 heterocycles. The van der Waals surface area contributed by atoms with Crippen LogP contribution in [0.25, 0.3) is 11.1 Å². The summed E-state index contributed by atoms with van der Waals surface area (Å²) in [6, 6.07) is 9.51. The summed E-state index contributed by atoms with van der Waals surface area (Å²) in [5.41, 5.74) is 5.65. The van der Waals surface area contributed by atoms with Crippen molar-refractivity contribution in [3.63, 3.8) is 0 Å². The number of carbonyl (C=O) groups excluding carboxylic acids is 1. The third kappa shape index (κ3) is 7.81. The van der Waals surface area contributed by atoms with E-state index in [1.807, 2.05) is 58.9 Å². The van der Waals surface area contributed by atoms with Crippen LogP contribution in [0.3, 0.4) is 0 Å². The molecule has 0 radical (unpaired) electrons. The highest BCUT2D eigenvalue weighted by atomic mass is 16.6. The maximum atomic E-state index is 12.6. The van der Waals surface area contributed by atoms with E-state index in [1.165, 1.54) is 6.07 Å². The second kappa shape index (κ2) is 11.2. The summed E-state index contributed by atoms with van der Waals surface area (Å²) >= 11 is 0. The fourth-order valence-electron chi connectivity index (χ4n) is 4.04. The molecular weight excluding hydrogens is 484 g/mol. The van der Waals surface area contributed by atoms with Gasteiger partial charge in [0.05, 0.1) is 0 Å². The van der Waals surface area contributed by atoms with Crippen molar-refractivity contribution in [3.05, 3.63) is 64.1 Å². The fraction of sp³-hybridized carbons (Fsp3) is 0.448. The Kier molecular flexibility index (Phi) is 8.49. The van der Waals surface area contributed by atoms with Crippen LogP contribution in [0.1, 0.15) is 80.1 Å². The average molecular weight is 523 g/mol. The number of nitrogens with zero attached hydrogens (tertiary/aromatic N) is 2. The quantitative estimate of drug-likeness (QED) is 0.332. The number of carbonyl (C=O) groups is 2. The largest absolute Gasteiger partial charge is 0.477 e. The van der Waals surface area contributed by atoms with Crippen molar-refractivity contribution in [1.29, 1.82) is 0 Å². The minimum Gasteiger partial charge on any atom is -0.477 e. The molecule has 1 amide bonds. The van der Waals surface area contributed by atoms with Gasteiger partial charge in [0.25, 0.3) is 0 Å². The molecule has 0 saturated carbocycles. The van der Waals surface area contributed by atoms with Gasteiger partial charge in [0.1, 0.15) is 17.9 Å². The molecule has 0 aliphatic heterocycles. The number of H-pyrrole nitrogens is 1.